The molecule has 21 heavy (non-hydrogen) atoms. The van der Waals surface area contributed by atoms with E-state index < -0.39 is 5.97 Å². The van der Waals surface area contributed by atoms with Crippen molar-refractivity contribution in [3.05, 3.63) is 23.8 Å². The first-order valence-electron chi connectivity index (χ1n) is 7.48. The third kappa shape index (κ3) is 2.86. The molecule has 1 aromatic rings. The minimum Gasteiger partial charge on any atom is -0.478 e. The molecular weight excluding hydrogens is 268 g/mol. The molecular formula is C16H20N2O3. The number of hydrogen-bond donors (Lipinski definition) is 2. The molecule has 1 saturated carbocycles. The molecule has 1 heterocycles. The molecule has 1 unspecified atom stereocenters. The molecule has 5 nitrogen and oxygen atoms in total. The Morgan fingerprint density at radius 1 is 1.29 bits per heavy atom. The molecule has 1 aromatic carbocycles. The van der Waals surface area contributed by atoms with Gasteiger partial charge in [-0.05, 0) is 37.3 Å². The van der Waals surface area contributed by atoms with Gasteiger partial charge in [-0.25, -0.2) is 4.79 Å². The summed E-state index contributed by atoms with van der Waals surface area (Å²) < 4.78 is 0. The molecule has 1 amide bonds. The third-order valence-electron chi connectivity index (χ3n) is 4.21. The van der Waals surface area contributed by atoms with Gasteiger partial charge in [0.25, 0.3) is 0 Å². The van der Waals surface area contributed by atoms with Gasteiger partial charge in [0.05, 0.1) is 16.9 Å². The third-order valence-corrected chi connectivity index (χ3v) is 4.21. The van der Waals surface area contributed by atoms with Crippen molar-refractivity contribution in [3.63, 3.8) is 0 Å². The lowest BCUT2D eigenvalue weighted by molar-refractivity contribution is -0.117. The number of nitrogens with one attached hydrogen (secondary N) is 1. The first-order valence-corrected chi connectivity index (χ1v) is 7.48. The minimum atomic E-state index is -0.952. The number of benzene rings is 1. The van der Waals surface area contributed by atoms with E-state index in [1.54, 1.807) is 18.2 Å². The largest absolute Gasteiger partial charge is 0.478 e. The Morgan fingerprint density at radius 2 is 2.05 bits per heavy atom. The van der Waals surface area contributed by atoms with Crippen LogP contribution in [0.15, 0.2) is 18.2 Å². The second-order valence-electron chi connectivity index (χ2n) is 6.11. The number of nitrogens with zero attached hydrogens (tertiary/aromatic N) is 1. The van der Waals surface area contributed by atoms with Gasteiger partial charge in [-0.3, -0.25) is 4.79 Å². The van der Waals surface area contributed by atoms with E-state index in [9.17, 15) is 14.7 Å². The van der Waals surface area contributed by atoms with Crippen molar-refractivity contribution in [3.8, 4) is 0 Å². The molecule has 2 fully saturated rings. The Labute approximate surface area is 123 Å². The average molecular weight is 288 g/mol. The molecule has 0 radical (unpaired) electrons. The fraction of sp³-hybridized carbons (Fsp3) is 0.500. The SMILES string of the molecule is CC1CCN(c2c(NC(=O)C3CC3)cccc2C(=O)O)C1. The summed E-state index contributed by atoms with van der Waals surface area (Å²) in [6.45, 7) is 3.82. The van der Waals surface area contributed by atoms with Gasteiger partial charge in [0.15, 0.2) is 0 Å². The summed E-state index contributed by atoms with van der Waals surface area (Å²) in [6, 6.07) is 5.09. The molecule has 112 valence electrons. The highest BCUT2D eigenvalue weighted by Crippen LogP contribution is 2.36. The molecule has 2 aliphatic rings. The van der Waals surface area contributed by atoms with Crippen molar-refractivity contribution in [2.45, 2.75) is 26.2 Å². The number of anilines is 2. The fourth-order valence-corrected chi connectivity index (χ4v) is 2.88. The first kappa shape index (κ1) is 13.9. The Hall–Kier alpha value is -2.04. The van der Waals surface area contributed by atoms with Crippen LogP contribution in [-0.4, -0.2) is 30.1 Å². The number of carbonyl (C=O) groups excluding carboxylic acids is 1. The lowest BCUT2D eigenvalue weighted by Gasteiger charge is -2.24. The zero-order chi connectivity index (χ0) is 15.0. The van der Waals surface area contributed by atoms with Gasteiger partial charge in [0, 0.05) is 19.0 Å². The Bertz CT molecular complexity index is 581. The summed E-state index contributed by atoms with van der Waals surface area (Å²) in [4.78, 5) is 25.6. The smallest absolute Gasteiger partial charge is 0.337 e. The molecule has 2 N–H and O–H groups in total. The molecule has 1 atom stereocenters. The minimum absolute atomic E-state index is 0.00559. The highest BCUT2D eigenvalue weighted by molar-refractivity contribution is 6.03. The molecule has 1 aliphatic carbocycles. The number of rotatable bonds is 4. The predicted molar refractivity (Wildman–Crippen MR) is 80.7 cm³/mol. The molecule has 0 spiro atoms. The summed E-state index contributed by atoms with van der Waals surface area (Å²) in [7, 11) is 0. The standard InChI is InChI=1S/C16H20N2O3/c1-10-7-8-18(9-10)14-12(16(20)21)3-2-4-13(14)17-15(19)11-5-6-11/h2-4,10-11H,5-9H2,1H3,(H,17,19)(H,20,21). The number of carboxylic acid groups (broad SMARTS) is 1. The van der Waals surface area contributed by atoms with E-state index in [-0.39, 0.29) is 17.4 Å². The maximum Gasteiger partial charge on any atom is 0.337 e. The van der Waals surface area contributed by atoms with Gasteiger partial charge < -0.3 is 15.3 Å². The highest BCUT2D eigenvalue weighted by Gasteiger charge is 2.31. The topological polar surface area (TPSA) is 69.6 Å². The first-order chi connectivity index (χ1) is 10.1. The monoisotopic (exact) mass is 288 g/mol. The average Bonchev–Trinajstić information content (AvgIpc) is 3.21. The zero-order valence-corrected chi connectivity index (χ0v) is 12.1. The van der Waals surface area contributed by atoms with Gasteiger partial charge in [-0.1, -0.05) is 13.0 Å². The van der Waals surface area contributed by atoms with Crippen LogP contribution in [0.5, 0.6) is 0 Å². The number of aromatic carboxylic acids is 1. The van der Waals surface area contributed by atoms with Crippen LogP contribution < -0.4 is 10.2 Å². The van der Waals surface area contributed by atoms with E-state index in [1.807, 2.05) is 0 Å². The number of carbonyl (C=O) groups is 2. The fourth-order valence-electron chi connectivity index (χ4n) is 2.88. The van der Waals surface area contributed by atoms with Crippen molar-refractivity contribution >= 4 is 23.3 Å². The van der Waals surface area contributed by atoms with E-state index in [1.165, 1.54) is 0 Å². The molecule has 0 bridgehead atoms. The van der Waals surface area contributed by atoms with Crippen LogP contribution >= 0.6 is 0 Å². The van der Waals surface area contributed by atoms with Crippen LogP contribution in [0, 0.1) is 11.8 Å². The van der Waals surface area contributed by atoms with Crippen LogP contribution in [0.1, 0.15) is 36.5 Å². The lowest BCUT2D eigenvalue weighted by atomic mass is 10.1. The van der Waals surface area contributed by atoms with Crippen LogP contribution in [0.2, 0.25) is 0 Å². The van der Waals surface area contributed by atoms with Crippen LogP contribution in [-0.2, 0) is 4.79 Å². The Kier molecular flexibility index (Phi) is 3.57. The maximum atomic E-state index is 12.0. The predicted octanol–water partition coefficient (Wildman–Crippen LogP) is 2.58. The molecule has 0 aromatic heterocycles. The molecule has 1 saturated heterocycles. The summed E-state index contributed by atoms with van der Waals surface area (Å²) in [5, 5.41) is 12.3. The van der Waals surface area contributed by atoms with Crippen molar-refractivity contribution in [1.29, 1.82) is 0 Å². The van der Waals surface area contributed by atoms with E-state index in [0.29, 0.717) is 17.3 Å². The Balaban J connectivity index is 1.95. The second-order valence-corrected chi connectivity index (χ2v) is 6.11. The van der Waals surface area contributed by atoms with Crippen LogP contribution in [0.3, 0.4) is 0 Å². The normalized spacial score (nSPS) is 21.4. The van der Waals surface area contributed by atoms with Gasteiger partial charge in [0.1, 0.15) is 0 Å². The molecule has 1 aliphatic heterocycles. The molecule has 5 heteroatoms. The van der Waals surface area contributed by atoms with E-state index in [0.717, 1.165) is 32.4 Å². The quantitative estimate of drug-likeness (QED) is 0.893. The van der Waals surface area contributed by atoms with Crippen molar-refractivity contribution in [1.82, 2.24) is 0 Å². The summed E-state index contributed by atoms with van der Waals surface area (Å²) in [6.07, 6.45) is 2.91. The summed E-state index contributed by atoms with van der Waals surface area (Å²) >= 11 is 0. The van der Waals surface area contributed by atoms with E-state index in [2.05, 4.69) is 17.1 Å². The zero-order valence-electron chi connectivity index (χ0n) is 12.1. The van der Waals surface area contributed by atoms with Crippen molar-refractivity contribution in [2.24, 2.45) is 11.8 Å². The maximum absolute atomic E-state index is 12.0. The lowest BCUT2D eigenvalue weighted by Crippen LogP contribution is -2.25. The number of para-hydroxylation sites is 1. The van der Waals surface area contributed by atoms with Crippen LogP contribution in [0.4, 0.5) is 11.4 Å². The van der Waals surface area contributed by atoms with Gasteiger partial charge >= 0.3 is 5.97 Å². The van der Waals surface area contributed by atoms with Crippen molar-refractivity contribution < 1.29 is 14.7 Å². The number of hydrogen-bond acceptors (Lipinski definition) is 3. The molecule has 3 rings (SSSR count). The van der Waals surface area contributed by atoms with E-state index in [4.69, 9.17) is 0 Å². The summed E-state index contributed by atoms with van der Waals surface area (Å²) in [5.74, 6) is -0.305. The van der Waals surface area contributed by atoms with Gasteiger partial charge in [0.2, 0.25) is 5.91 Å². The Morgan fingerprint density at radius 3 is 2.62 bits per heavy atom. The number of amides is 1. The van der Waals surface area contributed by atoms with E-state index >= 15 is 0 Å². The summed E-state index contributed by atoms with van der Waals surface area (Å²) in [5.41, 5.74) is 1.54. The highest BCUT2D eigenvalue weighted by atomic mass is 16.4. The number of carboxylic acids is 1. The van der Waals surface area contributed by atoms with Crippen LogP contribution in [0.25, 0.3) is 0 Å². The second kappa shape index (κ2) is 5.39. The van der Waals surface area contributed by atoms with Gasteiger partial charge in [-0.15, -0.1) is 0 Å². The van der Waals surface area contributed by atoms with Crippen molar-refractivity contribution in [2.75, 3.05) is 23.3 Å². The van der Waals surface area contributed by atoms with Gasteiger partial charge in [-0.2, -0.15) is 0 Å².